The molecule has 27 heavy (non-hydrogen) atoms. The average Bonchev–Trinajstić information content (AvgIpc) is 2.52. The van der Waals surface area contributed by atoms with Gasteiger partial charge in [0.25, 0.3) is 0 Å². The number of nitrogens with one attached hydrogen (secondary N) is 2. The number of aliphatic imine (C=N–C) groups is 1. The fourth-order valence-corrected chi connectivity index (χ4v) is 3.15. The third-order valence-electron chi connectivity index (χ3n) is 3.64. The van der Waals surface area contributed by atoms with E-state index in [-0.39, 0.29) is 36.4 Å². The summed E-state index contributed by atoms with van der Waals surface area (Å²) in [4.78, 5) is 18.1. The van der Waals surface area contributed by atoms with Crippen LogP contribution in [-0.2, 0) is 21.2 Å². The lowest BCUT2D eigenvalue weighted by atomic mass is 10.1. The normalized spacial score (nSPS) is 11.7. The molecule has 2 N–H and O–H groups in total. The summed E-state index contributed by atoms with van der Waals surface area (Å²) in [6.45, 7) is 7.22. The maximum absolute atomic E-state index is 11.8. The van der Waals surface area contributed by atoms with Gasteiger partial charge < -0.3 is 15.5 Å². The Morgan fingerprint density at radius 2 is 1.85 bits per heavy atom. The highest BCUT2D eigenvalue weighted by atomic mass is 127. The molecule has 1 aromatic rings. The van der Waals surface area contributed by atoms with E-state index in [0.717, 1.165) is 12.1 Å². The molecule has 0 bridgehead atoms. The number of rotatable bonds is 7. The van der Waals surface area contributed by atoms with Crippen LogP contribution in [0, 0.1) is 12.8 Å². The second-order valence-corrected chi connectivity index (χ2v) is 8.94. The molecule has 0 saturated carbocycles. The summed E-state index contributed by atoms with van der Waals surface area (Å²) in [7, 11) is 0.177. The smallest absolute Gasteiger partial charge is 0.241 e. The topological polar surface area (TPSA) is 90.9 Å². The van der Waals surface area contributed by atoms with E-state index in [9.17, 15) is 13.2 Å². The van der Waals surface area contributed by atoms with Crippen molar-refractivity contribution in [1.29, 1.82) is 0 Å². The van der Waals surface area contributed by atoms with Crippen molar-refractivity contribution in [3.63, 3.8) is 0 Å². The quantitative estimate of drug-likeness (QED) is 0.332. The van der Waals surface area contributed by atoms with Gasteiger partial charge in [-0.3, -0.25) is 4.79 Å². The van der Waals surface area contributed by atoms with Crippen LogP contribution in [-0.4, -0.2) is 58.6 Å². The van der Waals surface area contributed by atoms with Crippen molar-refractivity contribution in [3.8, 4) is 0 Å². The van der Waals surface area contributed by atoms with Gasteiger partial charge in [-0.15, -0.1) is 24.0 Å². The van der Waals surface area contributed by atoms with E-state index in [4.69, 9.17) is 0 Å². The van der Waals surface area contributed by atoms with Crippen molar-refractivity contribution in [1.82, 2.24) is 15.5 Å². The number of aryl methyl sites for hydroxylation is 1. The fourth-order valence-electron chi connectivity index (χ4n) is 2.19. The van der Waals surface area contributed by atoms with E-state index in [1.54, 1.807) is 33.2 Å². The Bertz CT molecular complexity index is 762. The molecule has 0 fully saturated rings. The number of halogens is 1. The molecule has 1 rings (SSSR count). The summed E-state index contributed by atoms with van der Waals surface area (Å²) in [5, 5.41) is 6.23. The number of hydrogen-bond acceptors (Lipinski definition) is 4. The van der Waals surface area contributed by atoms with Crippen LogP contribution in [0.25, 0.3) is 0 Å². The van der Waals surface area contributed by atoms with Gasteiger partial charge in [0, 0.05) is 26.9 Å². The van der Waals surface area contributed by atoms with Crippen molar-refractivity contribution < 1.29 is 13.2 Å². The highest BCUT2D eigenvalue weighted by Crippen LogP contribution is 2.17. The van der Waals surface area contributed by atoms with Crippen LogP contribution in [0.3, 0.4) is 0 Å². The van der Waals surface area contributed by atoms with Crippen molar-refractivity contribution >= 4 is 45.7 Å². The predicted octanol–water partition coefficient (Wildman–Crippen LogP) is 1.80. The Kier molecular flexibility index (Phi) is 10.9. The number of hydrogen-bond donors (Lipinski definition) is 2. The summed E-state index contributed by atoms with van der Waals surface area (Å²) in [6.07, 6.45) is 1.20. The molecular formula is C18H31IN4O3S. The van der Waals surface area contributed by atoms with Gasteiger partial charge in [0.1, 0.15) is 0 Å². The van der Waals surface area contributed by atoms with Crippen LogP contribution in [0.2, 0.25) is 0 Å². The molecule has 0 spiro atoms. The van der Waals surface area contributed by atoms with E-state index < -0.39 is 9.84 Å². The van der Waals surface area contributed by atoms with Crippen LogP contribution < -0.4 is 10.6 Å². The van der Waals surface area contributed by atoms with E-state index >= 15 is 0 Å². The predicted molar refractivity (Wildman–Crippen MR) is 120 cm³/mol. The highest BCUT2D eigenvalue weighted by Gasteiger charge is 2.11. The number of amides is 1. The van der Waals surface area contributed by atoms with Gasteiger partial charge in [0.2, 0.25) is 5.91 Å². The van der Waals surface area contributed by atoms with Crippen LogP contribution in [0.5, 0.6) is 0 Å². The van der Waals surface area contributed by atoms with E-state index in [1.165, 1.54) is 11.2 Å². The summed E-state index contributed by atoms with van der Waals surface area (Å²) in [5.41, 5.74) is 1.60. The molecule has 9 heteroatoms. The fraction of sp³-hybridized carbons (Fsp3) is 0.556. The molecular weight excluding hydrogens is 479 g/mol. The van der Waals surface area contributed by atoms with Gasteiger partial charge in [-0.25, -0.2) is 13.4 Å². The molecule has 0 aliphatic rings. The van der Waals surface area contributed by atoms with Crippen molar-refractivity contribution in [3.05, 3.63) is 29.3 Å². The number of likely N-dealkylation sites (N-methyl/N-ethyl adjacent to an activating group) is 1. The third kappa shape index (κ3) is 9.41. The summed E-state index contributed by atoms with van der Waals surface area (Å²) in [6, 6.07) is 5.20. The van der Waals surface area contributed by atoms with Gasteiger partial charge in [-0.2, -0.15) is 0 Å². The molecule has 0 aromatic heterocycles. The first kappa shape index (κ1) is 25.6. The molecule has 0 unspecified atom stereocenters. The Labute approximate surface area is 179 Å². The maximum atomic E-state index is 11.8. The second-order valence-electron chi connectivity index (χ2n) is 6.95. The Hall–Kier alpha value is -1.36. The second kappa shape index (κ2) is 11.5. The van der Waals surface area contributed by atoms with Gasteiger partial charge in [0.05, 0.1) is 18.0 Å². The lowest BCUT2D eigenvalue weighted by Crippen LogP contribution is -2.44. The largest absolute Gasteiger partial charge is 0.356 e. The summed E-state index contributed by atoms with van der Waals surface area (Å²) >= 11 is 0. The molecule has 0 atom stereocenters. The van der Waals surface area contributed by atoms with Crippen LogP contribution in [0.1, 0.15) is 25.0 Å². The van der Waals surface area contributed by atoms with Crippen LogP contribution >= 0.6 is 24.0 Å². The summed E-state index contributed by atoms with van der Waals surface area (Å²) in [5.74, 6) is 0.943. The molecule has 0 aliphatic heterocycles. The number of carbonyl (C=O) groups excluding carboxylic acids is 1. The van der Waals surface area contributed by atoms with Gasteiger partial charge in [-0.1, -0.05) is 26.0 Å². The number of carbonyl (C=O) groups is 1. The first-order valence-corrected chi connectivity index (χ1v) is 10.4. The summed E-state index contributed by atoms with van der Waals surface area (Å²) < 4.78 is 23.4. The molecule has 0 aliphatic carbocycles. The van der Waals surface area contributed by atoms with Crippen molar-refractivity contribution in [2.75, 3.05) is 33.4 Å². The lowest BCUT2D eigenvalue weighted by Gasteiger charge is -2.16. The lowest BCUT2D eigenvalue weighted by molar-refractivity contribution is -0.127. The van der Waals surface area contributed by atoms with Crippen LogP contribution in [0.4, 0.5) is 0 Å². The van der Waals surface area contributed by atoms with E-state index in [2.05, 4.69) is 29.5 Å². The van der Waals surface area contributed by atoms with Gasteiger partial charge in [0.15, 0.2) is 15.8 Å². The number of nitrogens with zero attached hydrogens (tertiary/aromatic N) is 2. The van der Waals surface area contributed by atoms with Crippen molar-refractivity contribution in [2.24, 2.45) is 10.9 Å². The molecule has 0 heterocycles. The standard InChI is InChI=1S/C18H30N4O3S.HI/c1-13(2)10-19-18(21-12-17(23)22(4)5)20-11-15-7-8-16(14(3)9-15)26(6,24)25;/h7-9,13H,10-12H2,1-6H3,(H2,19,20,21);1H. The van der Waals surface area contributed by atoms with Gasteiger partial charge >= 0.3 is 0 Å². The minimum absolute atomic E-state index is 0. The Morgan fingerprint density at radius 1 is 1.22 bits per heavy atom. The zero-order chi connectivity index (χ0) is 19.9. The number of benzene rings is 1. The SMILES string of the molecule is Cc1cc(CN=C(NCC(=O)N(C)C)NCC(C)C)ccc1S(C)(=O)=O.I. The first-order valence-electron chi connectivity index (χ1n) is 8.52. The number of guanidine groups is 1. The van der Waals surface area contributed by atoms with E-state index in [0.29, 0.717) is 28.9 Å². The molecule has 0 radical (unpaired) electrons. The monoisotopic (exact) mass is 510 g/mol. The first-order chi connectivity index (χ1) is 12.0. The molecule has 154 valence electrons. The van der Waals surface area contributed by atoms with Crippen molar-refractivity contribution in [2.45, 2.75) is 32.2 Å². The highest BCUT2D eigenvalue weighted by molar-refractivity contribution is 14.0. The Morgan fingerprint density at radius 3 is 2.33 bits per heavy atom. The third-order valence-corrected chi connectivity index (χ3v) is 4.90. The molecule has 7 nitrogen and oxygen atoms in total. The molecule has 1 aromatic carbocycles. The minimum atomic E-state index is -3.23. The zero-order valence-electron chi connectivity index (χ0n) is 16.9. The zero-order valence-corrected chi connectivity index (χ0v) is 20.0. The Balaban J connectivity index is 0.00000676. The molecule has 1 amide bonds. The van der Waals surface area contributed by atoms with E-state index in [1.807, 2.05) is 6.07 Å². The van der Waals surface area contributed by atoms with Crippen LogP contribution in [0.15, 0.2) is 28.1 Å². The average molecular weight is 510 g/mol. The minimum Gasteiger partial charge on any atom is -0.356 e. The molecule has 0 saturated heterocycles. The van der Waals surface area contributed by atoms with Gasteiger partial charge in [-0.05, 0) is 30.0 Å². The number of sulfone groups is 1. The maximum Gasteiger partial charge on any atom is 0.241 e.